The van der Waals surface area contributed by atoms with E-state index in [4.69, 9.17) is 4.74 Å². The minimum atomic E-state index is 0.0765. The van der Waals surface area contributed by atoms with Gasteiger partial charge in [-0.25, -0.2) is 4.98 Å². The molecule has 7 nitrogen and oxygen atoms in total. The molecule has 1 saturated heterocycles. The van der Waals surface area contributed by atoms with Crippen molar-refractivity contribution in [2.45, 2.75) is 5.16 Å². The highest BCUT2D eigenvalue weighted by Crippen LogP contribution is 2.26. The lowest BCUT2D eigenvalue weighted by Crippen LogP contribution is -2.41. The number of nitrogens with zero attached hydrogens (tertiary/aromatic N) is 4. The van der Waals surface area contributed by atoms with Crippen LogP contribution in [0.4, 0.5) is 0 Å². The first kappa shape index (κ1) is 15.8. The Balaban J connectivity index is 1.52. The summed E-state index contributed by atoms with van der Waals surface area (Å²) in [6.45, 7) is 2.50. The molecule has 4 rings (SSSR count). The highest BCUT2D eigenvalue weighted by atomic mass is 79.9. The molecule has 9 heteroatoms. The van der Waals surface area contributed by atoms with Gasteiger partial charge in [0, 0.05) is 28.5 Å². The Morgan fingerprint density at radius 3 is 3.00 bits per heavy atom. The second-order valence-electron chi connectivity index (χ2n) is 5.39. The third-order valence-corrected chi connectivity index (χ3v) is 5.16. The summed E-state index contributed by atoms with van der Waals surface area (Å²) < 4.78 is 6.23. The lowest BCUT2D eigenvalue weighted by Gasteiger charge is -2.26. The van der Waals surface area contributed by atoms with Crippen molar-refractivity contribution in [2.24, 2.45) is 0 Å². The van der Waals surface area contributed by atoms with Gasteiger partial charge in [-0.05, 0) is 18.2 Å². The molecule has 1 fully saturated rings. The van der Waals surface area contributed by atoms with Crippen LogP contribution in [0.25, 0.3) is 22.1 Å². The molecule has 1 amide bonds. The number of fused-ring (bicyclic) bond motifs is 3. The first-order valence-corrected chi connectivity index (χ1v) is 9.28. The van der Waals surface area contributed by atoms with Crippen LogP contribution in [-0.4, -0.2) is 63.0 Å². The summed E-state index contributed by atoms with van der Waals surface area (Å²) in [4.78, 5) is 21.7. The van der Waals surface area contributed by atoms with Gasteiger partial charge in [-0.2, -0.15) is 0 Å². The van der Waals surface area contributed by atoms with Crippen LogP contribution in [0, 0.1) is 0 Å². The van der Waals surface area contributed by atoms with E-state index >= 15 is 0 Å². The number of rotatable bonds is 3. The number of nitrogens with one attached hydrogen (secondary N) is 1. The number of hydrogen-bond acceptors (Lipinski definition) is 6. The van der Waals surface area contributed by atoms with Gasteiger partial charge in [0.05, 0.1) is 19.0 Å². The second-order valence-corrected chi connectivity index (χ2v) is 7.25. The van der Waals surface area contributed by atoms with Gasteiger partial charge in [0.25, 0.3) is 0 Å². The van der Waals surface area contributed by atoms with Crippen molar-refractivity contribution in [1.29, 1.82) is 0 Å². The third-order valence-electron chi connectivity index (χ3n) is 3.85. The zero-order valence-corrected chi connectivity index (χ0v) is 15.1. The summed E-state index contributed by atoms with van der Waals surface area (Å²) in [6, 6.07) is 5.92. The Labute approximate surface area is 150 Å². The summed E-state index contributed by atoms with van der Waals surface area (Å²) in [7, 11) is 0. The fourth-order valence-electron chi connectivity index (χ4n) is 2.62. The number of hydrogen-bond donors (Lipinski definition) is 1. The Morgan fingerprint density at radius 2 is 2.17 bits per heavy atom. The standard InChI is InChI=1S/C15H14BrN5O2S/c16-9-1-2-11-10(7-9)13-14(17-11)18-15(20-19-13)24-8-12(22)21-3-5-23-6-4-21/h1-2,7H,3-6,8H2,(H,17,18,20). The van der Waals surface area contributed by atoms with Crippen LogP contribution in [0.1, 0.15) is 0 Å². The van der Waals surface area contributed by atoms with Gasteiger partial charge < -0.3 is 14.6 Å². The highest BCUT2D eigenvalue weighted by Gasteiger charge is 2.18. The number of H-pyrrole nitrogens is 1. The summed E-state index contributed by atoms with van der Waals surface area (Å²) in [6.07, 6.45) is 0. The second kappa shape index (κ2) is 6.66. The van der Waals surface area contributed by atoms with E-state index in [9.17, 15) is 4.79 Å². The van der Waals surface area contributed by atoms with E-state index in [1.807, 2.05) is 23.1 Å². The van der Waals surface area contributed by atoms with Crippen molar-refractivity contribution >= 4 is 55.7 Å². The van der Waals surface area contributed by atoms with Gasteiger partial charge in [-0.3, -0.25) is 4.79 Å². The number of amides is 1. The van der Waals surface area contributed by atoms with Gasteiger partial charge in [0.2, 0.25) is 11.1 Å². The molecular weight excluding hydrogens is 394 g/mol. The van der Waals surface area contributed by atoms with E-state index in [1.54, 1.807) is 0 Å². The number of thioether (sulfide) groups is 1. The first-order valence-electron chi connectivity index (χ1n) is 7.51. The van der Waals surface area contributed by atoms with Gasteiger partial charge in [0.1, 0.15) is 5.52 Å². The van der Waals surface area contributed by atoms with Crippen LogP contribution in [0.5, 0.6) is 0 Å². The molecule has 2 aromatic heterocycles. The summed E-state index contributed by atoms with van der Waals surface area (Å²) in [5.41, 5.74) is 2.37. The van der Waals surface area contributed by atoms with E-state index in [0.29, 0.717) is 42.9 Å². The maximum Gasteiger partial charge on any atom is 0.233 e. The van der Waals surface area contributed by atoms with Crippen LogP contribution in [0.3, 0.4) is 0 Å². The molecule has 0 unspecified atom stereocenters. The molecule has 24 heavy (non-hydrogen) atoms. The van der Waals surface area contributed by atoms with Crippen LogP contribution in [-0.2, 0) is 9.53 Å². The van der Waals surface area contributed by atoms with Crippen LogP contribution in [0.15, 0.2) is 27.8 Å². The quantitative estimate of drug-likeness (QED) is 0.670. The fraction of sp³-hybridized carbons (Fsp3) is 0.333. The molecule has 1 aliphatic rings. The fourth-order valence-corrected chi connectivity index (χ4v) is 3.67. The number of aromatic amines is 1. The molecule has 1 aliphatic heterocycles. The topological polar surface area (TPSA) is 84.0 Å². The van der Waals surface area contributed by atoms with E-state index in [1.165, 1.54) is 11.8 Å². The molecule has 1 aromatic carbocycles. The molecule has 124 valence electrons. The average Bonchev–Trinajstić information content (AvgIpc) is 2.97. The molecular formula is C15H14BrN5O2S. The van der Waals surface area contributed by atoms with Crippen LogP contribution < -0.4 is 0 Å². The summed E-state index contributed by atoms with van der Waals surface area (Å²) in [5, 5.41) is 9.89. The number of aromatic nitrogens is 4. The maximum atomic E-state index is 12.2. The Bertz CT molecular complexity index is 909. The van der Waals surface area contributed by atoms with Crippen molar-refractivity contribution in [3.8, 4) is 0 Å². The van der Waals surface area contributed by atoms with Gasteiger partial charge in [-0.15, -0.1) is 10.2 Å². The van der Waals surface area contributed by atoms with Crippen molar-refractivity contribution in [2.75, 3.05) is 32.1 Å². The smallest absolute Gasteiger partial charge is 0.233 e. The van der Waals surface area contributed by atoms with Crippen molar-refractivity contribution in [3.05, 3.63) is 22.7 Å². The van der Waals surface area contributed by atoms with Crippen molar-refractivity contribution < 1.29 is 9.53 Å². The molecule has 0 atom stereocenters. The largest absolute Gasteiger partial charge is 0.378 e. The number of carbonyl (C=O) groups is 1. The molecule has 3 heterocycles. The number of benzene rings is 1. The van der Waals surface area contributed by atoms with Crippen LogP contribution >= 0.6 is 27.7 Å². The first-order chi connectivity index (χ1) is 11.7. The molecule has 0 spiro atoms. The predicted octanol–water partition coefficient (Wildman–Crippen LogP) is 2.22. The van der Waals surface area contributed by atoms with Gasteiger partial charge >= 0.3 is 0 Å². The maximum absolute atomic E-state index is 12.2. The molecule has 0 saturated carbocycles. The third kappa shape index (κ3) is 3.11. The minimum Gasteiger partial charge on any atom is -0.378 e. The molecule has 0 bridgehead atoms. The summed E-state index contributed by atoms with van der Waals surface area (Å²) >= 11 is 4.76. The number of ether oxygens (including phenoxy) is 1. The SMILES string of the molecule is O=C(CSc1nnc2c(n1)[nH]c1ccc(Br)cc12)N1CCOCC1. The minimum absolute atomic E-state index is 0.0765. The normalized spacial score (nSPS) is 15.3. The molecule has 3 aromatic rings. The van der Waals surface area contributed by atoms with Gasteiger partial charge in [-0.1, -0.05) is 27.7 Å². The average molecular weight is 408 g/mol. The van der Waals surface area contributed by atoms with E-state index in [2.05, 4.69) is 36.1 Å². The van der Waals surface area contributed by atoms with E-state index in [0.717, 1.165) is 20.9 Å². The molecule has 0 radical (unpaired) electrons. The van der Waals surface area contributed by atoms with E-state index < -0.39 is 0 Å². The monoisotopic (exact) mass is 407 g/mol. The predicted molar refractivity (Wildman–Crippen MR) is 95.0 cm³/mol. The van der Waals surface area contributed by atoms with Crippen molar-refractivity contribution in [1.82, 2.24) is 25.1 Å². The number of halogens is 1. The van der Waals surface area contributed by atoms with Crippen LogP contribution in [0.2, 0.25) is 0 Å². The molecule has 1 N–H and O–H groups in total. The van der Waals surface area contributed by atoms with Crippen molar-refractivity contribution in [3.63, 3.8) is 0 Å². The van der Waals surface area contributed by atoms with Gasteiger partial charge in [0.15, 0.2) is 5.65 Å². The Hall–Kier alpha value is -1.71. The Kier molecular flexibility index (Phi) is 4.38. The zero-order valence-electron chi connectivity index (χ0n) is 12.7. The summed E-state index contributed by atoms with van der Waals surface area (Å²) in [5.74, 6) is 0.381. The molecule has 0 aliphatic carbocycles. The lowest BCUT2D eigenvalue weighted by atomic mass is 10.2. The Morgan fingerprint density at radius 1 is 1.33 bits per heavy atom. The number of morpholine rings is 1. The highest BCUT2D eigenvalue weighted by molar-refractivity contribution is 9.10. The van der Waals surface area contributed by atoms with E-state index in [-0.39, 0.29) is 5.91 Å². The zero-order chi connectivity index (χ0) is 16.5. The lowest BCUT2D eigenvalue weighted by molar-refractivity contribution is -0.132. The number of carbonyl (C=O) groups excluding carboxylic acids is 1.